The van der Waals surface area contributed by atoms with Gasteiger partial charge in [0.25, 0.3) is 5.91 Å². The first-order valence-electron chi connectivity index (χ1n) is 7.24. The average Bonchev–Trinajstić information content (AvgIpc) is 2.87. The van der Waals surface area contributed by atoms with Crippen LogP contribution in [0.25, 0.3) is 0 Å². The number of ether oxygens (including phenoxy) is 1. The summed E-state index contributed by atoms with van der Waals surface area (Å²) in [5.74, 6) is 0.760. The Morgan fingerprint density at radius 3 is 2.77 bits per heavy atom. The lowest BCUT2D eigenvalue weighted by atomic mass is 10.2. The van der Waals surface area contributed by atoms with E-state index in [1.165, 1.54) is 10.4 Å². The summed E-state index contributed by atoms with van der Waals surface area (Å²) in [5, 5.41) is 0.642. The number of carbonyl (C=O) groups excluding carboxylic acids is 1. The second kappa shape index (κ2) is 7.65. The Hall–Kier alpha value is -1.52. The maximum Gasteiger partial charge on any atom is 0.263 e. The number of thiophene rings is 1. The smallest absolute Gasteiger partial charge is 0.263 e. The fourth-order valence-corrected chi connectivity index (χ4v) is 3.41. The van der Waals surface area contributed by atoms with Crippen LogP contribution in [0.3, 0.4) is 0 Å². The quantitative estimate of drug-likeness (QED) is 0.780. The van der Waals surface area contributed by atoms with Crippen LogP contribution in [0.2, 0.25) is 5.02 Å². The molecule has 0 aliphatic carbocycles. The Morgan fingerprint density at radius 2 is 2.14 bits per heavy atom. The molecule has 3 nitrogen and oxygen atoms in total. The molecule has 0 radical (unpaired) electrons. The van der Waals surface area contributed by atoms with Gasteiger partial charge < -0.3 is 9.64 Å². The molecule has 1 aromatic carbocycles. The van der Waals surface area contributed by atoms with Crippen molar-refractivity contribution in [3.05, 3.63) is 50.7 Å². The molecular formula is C17H20ClNO2S. The largest absolute Gasteiger partial charge is 0.492 e. The molecule has 1 aromatic heterocycles. The minimum atomic E-state index is 0.0440. The highest BCUT2D eigenvalue weighted by Crippen LogP contribution is 2.23. The highest BCUT2D eigenvalue weighted by atomic mass is 35.5. The van der Waals surface area contributed by atoms with Gasteiger partial charge in [-0.25, -0.2) is 0 Å². The highest BCUT2D eigenvalue weighted by molar-refractivity contribution is 7.14. The van der Waals surface area contributed by atoms with Gasteiger partial charge in [0, 0.05) is 16.9 Å². The monoisotopic (exact) mass is 337 g/mol. The average molecular weight is 338 g/mol. The molecule has 0 atom stereocenters. The molecule has 2 rings (SSSR count). The maximum atomic E-state index is 12.4. The van der Waals surface area contributed by atoms with Crippen molar-refractivity contribution in [3.63, 3.8) is 0 Å². The molecule has 0 N–H and O–H groups in total. The fourth-order valence-electron chi connectivity index (χ4n) is 2.12. The van der Waals surface area contributed by atoms with Crippen LogP contribution in [0.4, 0.5) is 0 Å². The van der Waals surface area contributed by atoms with Crippen LogP contribution in [0.1, 0.15) is 27.0 Å². The van der Waals surface area contributed by atoms with Gasteiger partial charge in [-0.05, 0) is 43.2 Å². The van der Waals surface area contributed by atoms with Crippen LogP contribution < -0.4 is 4.74 Å². The SMILES string of the molecule is CCc1cc(C(=O)N(C)CCOc2cccc(Cl)c2)sc1C. The number of amides is 1. The van der Waals surface area contributed by atoms with E-state index in [0.29, 0.717) is 23.9 Å². The molecule has 0 aliphatic heterocycles. The normalized spacial score (nSPS) is 10.5. The first kappa shape index (κ1) is 16.8. The summed E-state index contributed by atoms with van der Waals surface area (Å²) in [6.07, 6.45) is 0.956. The summed E-state index contributed by atoms with van der Waals surface area (Å²) in [6, 6.07) is 9.25. The van der Waals surface area contributed by atoms with Gasteiger partial charge in [-0.1, -0.05) is 24.6 Å². The van der Waals surface area contributed by atoms with Gasteiger partial charge in [0.1, 0.15) is 12.4 Å². The third-order valence-corrected chi connectivity index (χ3v) is 4.77. The maximum absolute atomic E-state index is 12.4. The van der Waals surface area contributed by atoms with E-state index in [4.69, 9.17) is 16.3 Å². The van der Waals surface area contributed by atoms with E-state index in [-0.39, 0.29) is 5.91 Å². The Kier molecular flexibility index (Phi) is 5.86. The molecule has 5 heteroatoms. The number of carbonyl (C=O) groups is 1. The molecule has 0 unspecified atom stereocenters. The Morgan fingerprint density at radius 1 is 1.36 bits per heavy atom. The minimum Gasteiger partial charge on any atom is -0.492 e. The zero-order chi connectivity index (χ0) is 16.1. The first-order chi connectivity index (χ1) is 10.5. The predicted octanol–water partition coefficient (Wildman–Crippen LogP) is 4.42. The number of rotatable bonds is 6. The summed E-state index contributed by atoms with van der Waals surface area (Å²) in [6.45, 7) is 5.13. The van der Waals surface area contributed by atoms with E-state index in [1.54, 1.807) is 35.4 Å². The van der Waals surface area contributed by atoms with Gasteiger partial charge in [0.2, 0.25) is 0 Å². The number of likely N-dealkylation sites (N-methyl/N-ethyl adjacent to an activating group) is 1. The van der Waals surface area contributed by atoms with E-state index in [1.807, 2.05) is 18.2 Å². The van der Waals surface area contributed by atoms with Crippen molar-refractivity contribution < 1.29 is 9.53 Å². The Labute approximate surface area is 140 Å². The molecule has 0 saturated heterocycles. The molecule has 1 amide bonds. The molecule has 0 saturated carbocycles. The van der Waals surface area contributed by atoms with Crippen molar-refractivity contribution in [2.24, 2.45) is 0 Å². The molecule has 22 heavy (non-hydrogen) atoms. The highest BCUT2D eigenvalue weighted by Gasteiger charge is 2.15. The van der Waals surface area contributed by atoms with Crippen molar-refractivity contribution in [1.82, 2.24) is 4.90 Å². The van der Waals surface area contributed by atoms with Crippen LogP contribution in [-0.2, 0) is 6.42 Å². The Balaban J connectivity index is 1.88. The fraction of sp³-hybridized carbons (Fsp3) is 0.353. The van der Waals surface area contributed by atoms with Crippen LogP contribution >= 0.6 is 22.9 Å². The number of hydrogen-bond donors (Lipinski definition) is 0. The van der Waals surface area contributed by atoms with Gasteiger partial charge in [-0.15, -0.1) is 11.3 Å². The van der Waals surface area contributed by atoms with Crippen molar-refractivity contribution in [3.8, 4) is 5.75 Å². The van der Waals surface area contributed by atoms with Crippen molar-refractivity contribution in [2.45, 2.75) is 20.3 Å². The van der Waals surface area contributed by atoms with Crippen LogP contribution in [-0.4, -0.2) is 31.0 Å². The van der Waals surface area contributed by atoms with Crippen molar-refractivity contribution in [1.29, 1.82) is 0 Å². The molecule has 118 valence electrons. The van der Waals surface area contributed by atoms with Gasteiger partial charge in [0.15, 0.2) is 0 Å². The van der Waals surface area contributed by atoms with Crippen LogP contribution in [0.15, 0.2) is 30.3 Å². The first-order valence-corrected chi connectivity index (χ1v) is 8.44. The van der Waals surface area contributed by atoms with Crippen LogP contribution in [0.5, 0.6) is 5.75 Å². The summed E-state index contributed by atoms with van der Waals surface area (Å²) in [4.78, 5) is 16.1. The minimum absolute atomic E-state index is 0.0440. The Bertz CT molecular complexity index is 654. The van der Waals surface area contributed by atoms with Gasteiger partial charge in [-0.2, -0.15) is 0 Å². The molecule has 0 fully saturated rings. The van der Waals surface area contributed by atoms with Gasteiger partial charge in [-0.3, -0.25) is 4.79 Å². The lowest BCUT2D eigenvalue weighted by Crippen LogP contribution is -2.30. The predicted molar refractivity (Wildman–Crippen MR) is 92.3 cm³/mol. The van der Waals surface area contributed by atoms with E-state index in [2.05, 4.69) is 13.8 Å². The summed E-state index contributed by atoms with van der Waals surface area (Å²) < 4.78 is 5.62. The molecular weight excluding hydrogens is 318 g/mol. The number of aryl methyl sites for hydroxylation is 2. The topological polar surface area (TPSA) is 29.5 Å². The number of nitrogens with zero attached hydrogens (tertiary/aromatic N) is 1. The van der Waals surface area contributed by atoms with E-state index >= 15 is 0 Å². The standard InChI is InChI=1S/C17H20ClNO2S/c1-4-13-10-16(22-12(13)2)17(20)19(3)8-9-21-15-7-5-6-14(18)11-15/h5-7,10-11H,4,8-9H2,1-3H3. The van der Waals surface area contributed by atoms with Crippen molar-refractivity contribution in [2.75, 3.05) is 20.2 Å². The van der Waals surface area contributed by atoms with E-state index in [9.17, 15) is 4.79 Å². The second-order valence-electron chi connectivity index (χ2n) is 5.08. The second-order valence-corrected chi connectivity index (χ2v) is 6.77. The van der Waals surface area contributed by atoms with Gasteiger partial charge >= 0.3 is 0 Å². The summed E-state index contributed by atoms with van der Waals surface area (Å²) in [7, 11) is 1.80. The lowest BCUT2D eigenvalue weighted by Gasteiger charge is -2.16. The van der Waals surface area contributed by atoms with Gasteiger partial charge in [0.05, 0.1) is 11.4 Å². The third kappa shape index (κ3) is 4.24. The number of hydrogen-bond acceptors (Lipinski definition) is 3. The van der Waals surface area contributed by atoms with E-state index < -0.39 is 0 Å². The molecule has 0 spiro atoms. The molecule has 0 aliphatic rings. The van der Waals surface area contributed by atoms with Crippen LogP contribution in [0, 0.1) is 6.92 Å². The summed E-state index contributed by atoms with van der Waals surface area (Å²) in [5.41, 5.74) is 1.25. The van der Waals surface area contributed by atoms with E-state index in [0.717, 1.165) is 11.3 Å². The summed E-state index contributed by atoms with van der Waals surface area (Å²) >= 11 is 7.46. The lowest BCUT2D eigenvalue weighted by molar-refractivity contribution is 0.0778. The van der Waals surface area contributed by atoms with Crippen molar-refractivity contribution >= 4 is 28.8 Å². The molecule has 1 heterocycles. The third-order valence-electron chi connectivity index (χ3n) is 3.45. The molecule has 2 aromatic rings. The number of halogens is 1. The molecule has 0 bridgehead atoms. The number of benzene rings is 1. The zero-order valence-electron chi connectivity index (χ0n) is 13.1. The zero-order valence-corrected chi connectivity index (χ0v) is 14.6.